The molecule has 1 aliphatic rings. The van der Waals surface area contributed by atoms with Crippen LogP contribution in [0.25, 0.3) is 0 Å². The average molecular weight is 214 g/mol. The van der Waals surface area contributed by atoms with Crippen molar-refractivity contribution in [3.63, 3.8) is 0 Å². The minimum Gasteiger partial charge on any atom is -0.386 e. The quantitative estimate of drug-likeness (QED) is 0.775. The number of benzene rings is 1. The minimum absolute atomic E-state index is 0.301. The summed E-state index contributed by atoms with van der Waals surface area (Å²) in [7, 11) is 0. The fraction of sp³-hybridized carbons (Fsp3) is 0.222. The van der Waals surface area contributed by atoms with E-state index < -0.39 is 0 Å². The second kappa shape index (κ2) is 3.46. The molecular formula is C9H9ClFN3. The topological polar surface area (TPSA) is 41.6 Å². The standard InChI is InChI=1S/C9H9ClFN3/c10-6-2-1-3-7(11)9(6)14-5-4-8(12)13-14/h1-3H,4-5H2,(H2,12,13). The molecule has 0 amide bonds. The Labute approximate surface area is 86.0 Å². The molecule has 0 aliphatic carbocycles. The summed E-state index contributed by atoms with van der Waals surface area (Å²) in [6, 6.07) is 4.54. The van der Waals surface area contributed by atoms with Gasteiger partial charge in [-0.1, -0.05) is 17.7 Å². The molecule has 3 nitrogen and oxygen atoms in total. The Balaban J connectivity index is 2.41. The molecule has 0 saturated carbocycles. The van der Waals surface area contributed by atoms with Crippen LogP contribution in [-0.4, -0.2) is 12.4 Å². The van der Waals surface area contributed by atoms with E-state index >= 15 is 0 Å². The lowest BCUT2D eigenvalue weighted by Gasteiger charge is -2.15. The predicted octanol–water partition coefficient (Wildman–Crippen LogP) is 1.96. The van der Waals surface area contributed by atoms with Crippen LogP contribution >= 0.6 is 11.6 Å². The van der Waals surface area contributed by atoms with Crippen LogP contribution in [0.4, 0.5) is 10.1 Å². The van der Waals surface area contributed by atoms with Crippen LogP contribution < -0.4 is 10.7 Å². The normalized spacial score (nSPS) is 15.9. The summed E-state index contributed by atoms with van der Waals surface area (Å²) in [4.78, 5) is 0. The Morgan fingerprint density at radius 1 is 1.50 bits per heavy atom. The number of hydrogen-bond donors (Lipinski definition) is 1. The van der Waals surface area contributed by atoms with Gasteiger partial charge in [-0.15, -0.1) is 0 Å². The molecule has 5 heteroatoms. The van der Waals surface area contributed by atoms with E-state index in [1.807, 2.05) is 0 Å². The van der Waals surface area contributed by atoms with Gasteiger partial charge in [-0.2, -0.15) is 5.10 Å². The van der Waals surface area contributed by atoms with Gasteiger partial charge in [-0.05, 0) is 12.1 Å². The summed E-state index contributed by atoms with van der Waals surface area (Å²) < 4.78 is 13.4. The first-order valence-electron chi connectivity index (χ1n) is 4.23. The molecule has 0 spiro atoms. The van der Waals surface area contributed by atoms with Crippen molar-refractivity contribution in [2.75, 3.05) is 11.6 Å². The second-order valence-electron chi connectivity index (χ2n) is 3.03. The highest BCUT2D eigenvalue weighted by Gasteiger charge is 2.19. The van der Waals surface area contributed by atoms with E-state index in [2.05, 4.69) is 5.10 Å². The van der Waals surface area contributed by atoms with Gasteiger partial charge in [0.15, 0.2) is 0 Å². The van der Waals surface area contributed by atoms with Gasteiger partial charge in [-0.3, -0.25) is 5.01 Å². The van der Waals surface area contributed by atoms with E-state index in [4.69, 9.17) is 17.3 Å². The Morgan fingerprint density at radius 3 is 2.86 bits per heavy atom. The second-order valence-corrected chi connectivity index (χ2v) is 3.44. The first-order chi connectivity index (χ1) is 6.68. The van der Waals surface area contributed by atoms with Gasteiger partial charge >= 0.3 is 0 Å². The van der Waals surface area contributed by atoms with Gasteiger partial charge in [0.1, 0.15) is 17.3 Å². The lowest BCUT2D eigenvalue weighted by atomic mass is 10.3. The van der Waals surface area contributed by atoms with Gasteiger partial charge in [0, 0.05) is 13.0 Å². The summed E-state index contributed by atoms with van der Waals surface area (Å²) >= 11 is 5.87. The Kier molecular flexibility index (Phi) is 2.29. The summed E-state index contributed by atoms with van der Waals surface area (Å²) in [6.45, 7) is 0.576. The monoisotopic (exact) mass is 213 g/mol. The highest BCUT2D eigenvalue weighted by Crippen LogP contribution is 2.30. The molecule has 74 valence electrons. The molecule has 14 heavy (non-hydrogen) atoms. The first-order valence-corrected chi connectivity index (χ1v) is 4.61. The maximum Gasteiger partial charge on any atom is 0.149 e. The Morgan fingerprint density at radius 2 is 2.29 bits per heavy atom. The number of nitrogens with two attached hydrogens (primary N) is 1. The molecule has 0 fully saturated rings. The summed E-state index contributed by atoms with van der Waals surface area (Å²) in [5, 5.41) is 5.83. The first kappa shape index (κ1) is 9.27. The zero-order valence-corrected chi connectivity index (χ0v) is 8.13. The van der Waals surface area contributed by atoms with Crippen molar-refractivity contribution in [3.8, 4) is 0 Å². The zero-order chi connectivity index (χ0) is 10.1. The number of amidine groups is 1. The molecule has 0 atom stereocenters. The summed E-state index contributed by atoms with van der Waals surface area (Å²) in [6.07, 6.45) is 0.644. The molecule has 0 saturated heterocycles. The van der Waals surface area contributed by atoms with Gasteiger partial charge in [0.05, 0.1) is 5.02 Å². The van der Waals surface area contributed by atoms with E-state index in [-0.39, 0.29) is 5.82 Å². The largest absolute Gasteiger partial charge is 0.386 e. The molecule has 1 heterocycles. The highest BCUT2D eigenvalue weighted by molar-refractivity contribution is 6.33. The minimum atomic E-state index is -0.379. The number of nitrogens with zero attached hydrogens (tertiary/aromatic N) is 2. The van der Waals surface area contributed by atoms with Crippen LogP contribution in [0.5, 0.6) is 0 Å². The van der Waals surface area contributed by atoms with Crippen LogP contribution in [0.3, 0.4) is 0 Å². The molecule has 1 aromatic carbocycles. The highest BCUT2D eigenvalue weighted by atomic mass is 35.5. The zero-order valence-electron chi connectivity index (χ0n) is 7.37. The molecule has 2 rings (SSSR count). The number of hydrogen-bond acceptors (Lipinski definition) is 3. The maximum absolute atomic E-state index is 13.4. The number of hydrazone groups is 1. The Hall–Kier alpha value is -1.29. The third-order valence-electron chi connectivity index (χ3n) is 2.02. The van der Waals surface area contributed by atoms with E-state index in [1.165, 1.54) is 11.1 Å². The molecular weight excluding hydrogens is 205 g/mol. The summed E-state index contributed by atoms with van der Waals surface area (Å²) in [5.41, 5.74) is 5.81. The number of rotatable bonds is 1. The van der Waals surface area contributed by atoms with E-state index in [1.54, 1.807) is 12.1 Å². The van der Waals surface area contributed by atoms with Crippen molar-refractivity contribution < 1.29 is 4.39 Å². The third-order valence-corrected chi connectivity index (χ3v) is 2.33. The smallest absolute Gasteiger partial charge is 0.149 e. The average Bonchev–Trinajstić information content (AvgIpc) is 2.51. The SMILES string of the molecule is NC1=NN(c2c(F)cccc2Cl)CC1. The van der Waals surface area contributed by atoms with Crippen molar-refractivity contribution in [3.05, 3.63) is 29.0 Å². The van der Waals surface area contributed by atoms with Crippen LogP contribution in [0.2, 0.25) is 5.02 Å². The van der Waals surface area contributed by atoms with Crippen molar-refractivity contribution in [1.29, 1.82) is 0 Å². The summed E-state index contributed by atoms with van der Waals surface area (Å²) in [5.74, 6) is 0.125. The van der Waals surface area contributed by atoms with Gasteiger partial charge in [0.25, 0.3) is 0 Å². The van der Waals surface area contributed by atoms with Crippen LogP contribution in [0.15, 0.2) is 23.3 Å². The van der Waals surface area contributed by atoms with E-state index in [0.29, 0.717) is 29.5 Å². The molecule has 0 unspecified atom stereocenters. The van der Waals surface area contributed by atoms with E-state index in [0.717, 1.165) is 0 Å². The number of anilines is 1. The molecule has 1 aliphatic heterocycles. The number of halogens is 2. The van der Waals surface area contributed by atoms with Crippen LogP contribution in [0, 0.1) is 5.82 Å². The lowest BCUT2D eigenvalue weighted by Crippen LogP contribution is -2.13. The van der Waals surface area contributed by atoms with Crippen molar-refractivity contribution in [2.24, 2.45) is 10.8 Å². The molecule has 2 N–H and O–H groups in total. The molecule has 0 aromatic heterocycles. The van der Waals surface area contributed by atoms with Crippen molar-refractivity contribution in [1.82, 2.24) is 0 Å². The van der Waals surface area contributed by atoms with Crippen LogP contribution in [0.1, 0.15) is 6.42 Å². The van der Waals surface area contributed by atoms with Gasteiger partial charge in [-0.25, -0.2) is 4.39 Å². The molecule has 0 bridgehead atoms. The predicted molar refractivity (Wildman–Crippen MR) is 55.0 cm³/mol. The fourth-order valence-electron chi connectivity index (χ4n) is 1.37. The Bertz CT molecular complexity index is 371. The maximum atomic E-state index is 13.4. The van der Waals surface area contributed by atoms with Gasteiger partial charge < -0.3 is 5.73 Å². The number of para-hydroxylation sites is 1. The fourth-order valence-corrected chi connectivity index (χ4v) is 1.63. The van der Waals surface area contributed by atoms with E-state index in [9.17, 15) is 4.39 Å². The third kappa shape index (κ3) is 1.53. The molecule has 0 radical (unpaired) electrons. The van der Waals surface area contributed by atoms with Crippen molar-refractivity contribution >= 4 is 23.1 Å². The van der Waals surface area contributed by atoms with Crippen LogP contribution in [-0.2, 0) is 0 Å². The lowest BCUT2D eigenvalue weighted by molar-refractivity contribution is 0.622. The van der Waals surface area contributed by atoms with Gasteiger partial charge in [0.2, 0.25) is 0 Å². The molecule has 1 aromatic rings. The van der Waals surface area contributed by atoms with Crippen molar-refractivity contribution in [2.45, 2.75) is 6.42 Å².